The molecule has 1 atom stereocenters. The third kappa shape index (κ3) is 4.13. The minimum Gasteiger partial charge on any atom is -0.481 e. The average molecular weight is 377 g/mol. The summed E-state index contributed by atoms with van der Waals surface area (Å²) in [6.07, 6.45) is -0.714. The van der Waals surface area contributed by atoms with Crippen molar-refractivity contribution in [3.8, 4) is 5.75 Å². The first-order valence-electron chi connectivity index (χ1n) is 7.29. The van der Waals surface area contributed by atoms with Crippen molar-refractivity contribution in [2.45, 2.75) is 17.9 Å². The van der Waals surface area contributed by atoms with Gasteiger partial charge in [0.25, 0.3) is 5.91 Å². The zero-order chi connectivity index (χ0) is 18.0. The van der Waals surface area contributed by atoms with Gasteiger partial charge in [-0.2, -0.15) is 0 Å². The summed E-state index contributed by atoms with van der Waals surface area (Å²) in [5, 5.41) is 8.15. The normalized spacial score (nSPS) is 12.7. The third-order valence-corrected chi connectivity index (χ3v) is 5.19. The predicted octanol–water partition coefficient (Wildman–Crippen LogP) is 2.35. The van der Waals surface area contributed by atoms with Gasteiger partial charge < -0.3 is 4.74 Å². The molecule has 0 aliphatic heterocycles. The van der Waals surface area contributed by atoms with E-state index in [1.807, 2.05) is 18.2 Å². The number of hydrogen-bond donors (Lipinski definition) is 2. The van der Waals surface area contributed by atoms with Gasteiger partial charge in [-0.25, -0.2) is 18.5 Å². The van der Waals surface area contributed by atoms with Crippen LogP contribution in [0.5, 0.6) is 5.75 Å². The van der Waals surface area contributed by atoms with Gasteiger partial charge in [-0.3, -0.25) is 10.1 Å². The monoisotopic (exact) mass is 377 g/mol. The summed E-state index contributed by atoms with van der Waals surface area (Å²) in [4.78, 5) is 16.5. The SMILES string of the molecule is C[C@H](Oc1ccccc1)C(=O)Nc1nc2ccc(S(N)(=O)=O)cc2s1. The zero-order valence-corrected chi connectivity index (χ0v) is 14.8. The minimum absolute atomic E-state index is 0.00213. The molecule has 3 rings (SSSR count). The van der Waals surface area contributed by atoms with Crippen LogP contribution in [0.4, 0.5) is 5.13 Å². The van der Waals surface area contributed by atoms with Crippen molar-refractivity contribution in [2.24, 2.45) is 5.14 Å². The number of rotatable bonds is 5. The molecule has 9 heteroatoms. The number of aromatic nitrogens is 1. The maximum Gasteiger partial charge on any atom is 0.266 e. The summed E-state index contributed by atoms with van der Waals surface area (Å²) in [5.74, 6) is 0.238. The number of thiazole rings is 1. The Morgan fingerprint density at radius 2 is 1.96 bits per heavy atom. The number of carbonyl (C=O) groups is 1. The Balaban J connectivity index is 1.75. The second-order valence-corrected chi connectivity index (χ2v) is 7.85. The summed E-state index contributed by atoms with van der Waals surface area (Å²) >= 11 is 1.16. The summed E-state index contributed by atoms with van der Waals surface area (Å²) in [7, 11) is -3.78. The molecule has 0 spiro atoms. The number of primary sulfonamides is 1. The third-order valence-electron chi connectivity index (χ3n) is 3.34. The van der Waals surface area contributed by atoms with Gasteiger partial charge >= 0.3 is 0 Å². The number of sulfonamides is 1. The smallest absolute Gasteiger partial charge is 0.266 e. The van der Waals surface area contributed by atoms with E-state index in [2.05, 4.69) is 10.3 Å². The molecule has 2 aromatic carbocycles. The zero-order valence-electron chi connectivity index (χ0n) is 13.2. The first-order chi connectivity index (χ1) is 11.8. The highest BCUT2D eigenvalue weighted by Gasteiger charge is 2.17. The number of carbonyl (C=O) groups excluding carboxylic acids is 1. The van der Waals surface area contributed by atoms with Gasteiger partial charge in [-0.05, 0) is 37.3 Å². The fourth-order valence-electron chi connectivity index (χ4n) is 2.10. The van der Waals surface area contributed by atoms with Crippen molar-refractivity contribution < 1.29 is 17.9 Å². The van der Waals surface area contributed by atoms with E-state index in [-0.39, 0.29) is 10.8 Å². The Kier molecular flexibility index (Phi) is 4.71. The highest BCUT2D eigenvalue weighted by molar-refractivity contribution is 7.89. The van der Waals surface area contributed by atoms with Crippen molar-refractivity contribution in [3.05, 3.63) is 48.5 Å². The number of amides is 1. The van der Waals surface area contributed by atoms with Crippen LogP contribution in [0.1, 0.15) is 6.92 Å². The molecule has 3 aromatic rings. The lowest BCUT2D eigenvalue weighted by molar-refractivity contribution is -0.122. The molecule has 1 heterocycles. The molecule has 7 nitrogen and oxygen atoms in total. The number of anilines is 1. The molecule has 0 bridgehead atoms. The van der Waals surface area contributed by atoms with Gasteiger partial charge in [0.15, 0.2) is 11.2 Å². The molecule has 1 amide bonds. The van der Waals surface area contributed by atoms with E-state index in [1.165, 1.54) is 12.1 Å². The summed E-state index contributed by atoms with van der Waals surface area (Å²) in [6.45, 7) is 1.63. The van der Waals surface area contributed by atoms with Crippen molar-refractivity contribution in [2.75, 3.05) is 5.32 Å². The molecule has 25 heavy (non-hydrogen) atoms. The molecule has 0 aliphatic rings. The molecule has 0 fully saturated rings. The van der Waals surface area contributed by atoms with Crippen LogP contribution in [-0.4, -0.2) is 25.4 Å². The maximum atomic E-state index is 12.2. The molecule has 3 N–H and O–H groups in total. The van der Waals surface area contributed by atoms with Crippen molar-refractivity contribution in [3.63, 3.8) is 0 Å². The van der Waals surface area contributed by atoms with E-state index in [1.54, 1.807) is 25.1 Å². The summed E-state index contributed by atoms with van der Waals surface area (Å²) in [6, 6.07) is 13.4. The first kappa shape index (κ1) is 17.3. The van der Waals surface area contributed by atoms with Crippen LogP contribution in [0.25, 0.3) is 10.2 Å². The Morgan fingerprint density at radius 3 is 2.64 bits per heavy atom. The van der Waals surface area contributed by atoms with E-state index in [9.17, 15) is 13.2 Å². The van der Waals surface area contributed by atoms with Gasteiger partial charge in [0.2, 0.25) is 10.0 Å². The van der Waals surface area contributed by atoms with Crippen molar-refractivity contribution in [1.29, 1.82) is 0 Å². The average Bonchev–Trinajstić information content (AvgIpc) is 2.96. The highest BCUT2D eigenvalue weighted by atomic mass is 32.2. The van der Waals surface area contributed by atoms with Gasteiger partial charge in [-0.1, -0.05) is 29.5 Å². The molecule has 1 aromatic heterocycles. The second kappa shape index (κ2) is 6.79. The van der Waals surface area contributed by atoms with Crippen molar-refractivity contribution in [1.82, 2.24) is 4.98 Å². The molecule has 0 saturated carbocycles. The quantitative estimate of drug-likeness (QED) is 0.709. The molecule has 0 saturated heterocycles. The molecule has 130 valence electrons. The number of nitrogens with one attached hydrogen (secondary N) is 1. The summed E-state index contributed by atoms with van der Waals surface area (Å²) in [5.41, 5.74) is 0.573. The van der Waals surface area contributed by atoms with E-state index in [0.29, 0.717) is 21.1 Å². The lowest BCUT2D eigenvalue weighted by Gasteiger charge is -2.13. The molecule has 0 unspecified atom stereocenters. The van der Waals surface area contributed by atoms with Crippen LogP contribution in [0, 0.1) is 0 Å². The molecular weight excluding hydrogens is 362 g/mol. The number of benzene rings is 2. The van der Waals surface area contributed by atoms with Crippen LogP contribution in [0.2, 0.25) is 0 Å². The van der Waals surface area contributed by atoms with Crippen LogP contribution in [-0.2, 0) is 14.8 Å². The Labute approximate surface area is 148 Å². The predicted molar refractivity (Wildman–Crippen MR) is 96.2 cm³/mol. The second-order valence-electron chi connectivity index (χ2n) is 5.26. The van der Waals surface area contributed by atoms with E-state index >= 15 is 0 Å². The van der Waals surface area contributed by atoms with Crippen LogP contribution in [0.3, 0.4) is 0 Å². The molecule has 0 radical (unpaired) electrons. The van der Waals surface area contributed by atoms with Gasteiger partial charge in [-0.15, -0.1) is 0 Å². The molecule has 0 aliphatic carbocycles. The largest absolute Gasteiger partial charge is 0.481 e. The summed E-state index contributed by atoms with van der Waals surface area (Å²) < 4.78 is 29.0. The highest BCUT2D eigenvalue weighted by Crippen LogP contribution is 2.28. The minimum atomic E-state index is -3.78. The van der Waals surface area contributed by atoms with E-state index in [0.717, 1.165) is 11.3 Å². The Hall–Kier alpha value is -2.49. The van der Waals surface area contributed by atoms with Gasteiger partial charge in [0.05, 0.1) is 15.1 Å². The van der Waals surface area contributed by atoms with Crippen molar-refractivity contribution >= 4 is 42.6 Å². The maximum absolute atomic E-state index is 12.2. The van der Waals surface area contributed by atoms with Crippen LogP contribution in [0.15, 0.2) is 53.4 Å². The van der Waals surface area contributed by atoms with E-state index < -0.39 is 16.1 Å². The van der Waals surface area contributed by atoms with Gasteiger partial charge in [0, 0.05) is 0 Å². The number of nitrogens with two attached hydrogens (primary N) is 1. The topological polar surface area (TPSA) is 111 Å². The lowest BCUT2D eigenvalue weighted by Crippen LogP contribution is -2.30. The van der Waals surface area contributed by atoms with E-state index in [4.69, 9.17) is 9.88 Å². The number of fused-ring (bicyclic) bond motifs is 1. The Bertz CT molecular complexity index is 1020. The fourth-order valence-corrected chi connectivity index (χ4v) is 3.62. The van der Waals surface area contributed by atoms with Crippen LogP contribution < -0.4 is 15.2 Å². The number of hydrogen-bond acceptors (Lipinski definition) is 6. The van der Waals surface area contributed by atoms with Gasteiger partial charge in [0.1, 0.15) is 5.75 Å². The standard InChI is InChI=1S/C16H15N3O4S2/c1-10(23-11-5-3-2-4-6-11)15(20)19-16-18-13-8-7-12(25(17,21)22)9-14(13)24-16/h2-10H,1H3,(H2,17,21,22)(H,18,19,20)/t10-/m0/s1. The lowest BCUT2D eigenvalue weighted by atomic mass is 10.3. The number of nitrogens with zero attached hydrogens (tertiary/aromatic N) is 1. The number of para-hydroxylation sites is 1. The fraction of sp³-hybridized carbons (Fsp3) is 0.125. The molecular formula is C16H15N3O4S2. The van der Waals surface area contributed by atoms with Crippen LogP contribution >= 0.6 is 11.3 Å². The first-order valence-corrected chi connectivity index (χ1v) is 9.65. The number of ether oxygens (including phenoxy) is 1. The Morgan fingerprint density at radius 1 is 1.24 bits per heavy atom.